The van der Waals surface area contributed by atoms with Gasteiger partial charge in [0.1, 0.15) is 0 Å². The van der Waals surface area contributed by atoms with Crippen molar-refractivity contribution in [3.8, 4) is 0 Å². The van der Waals surface area contributed by atoms with Gasteiger partial charge in [-0.15, -0.1) is 0 Å². The third-order valence-electron chi connectivity index (χ3n) is 1.56. The van der Waals surface area contributed by atoms with E-state index in [1.165, 1.54) is 0 Å². The Balaban J connectivity index is -0.0000000178. The average Bonchev–Trinajstić information content (AvgIpc) is 2.74. The highest BCUT2D eigenvalue weighted by molar-refractivity contribution is 7.33. The van der Waals surface area contributed by atoms with Crippen LogP contribution in [0.25, 0.3) is 0 Å². The molecule has 0 rings (SSSR count). The van der Waals surface area contributed by atoms with Crippen molar-refractivity contribution in [2.45, 2.75) is 96.0 Å². The van der Waals surface area contributed by atoms with Gasteiger partial charge in [-0.1, -0.05) is 109 Å². The number of carbonyl (C=O) groups is 3. The lowest BCUT2D eigenvalue weighted by atomic mass is 10.6. The van der Waals surface area contributed by atoms with E-state index in [4.69, 9.17) is 14.7 Å². The predicted molar refractivity (Wildman–Crippen MR) is 192 cm³/mol. The number of hydrogen-bond acceptors (Lipinski definition) is 12. The summed E-state index contributed by atoms with van der Waals surface area (Å²) >= 11 is 0. The van der Waals surface area contributed by atoms with E-state index in [1.54, 1.807) is 6.92 Å². The molecule has 0 bridgehead atoms. The van der Waals surface area contributed by atoms with Gasteiger partial charge in [-0.25, -0.2) is 24.3 Å². The van der Waals surface area contributed by atoms with Crippen molar-refractivity contribution in [3.05, 3.63) is 38.0 Å². The van der Waals surface area contributed by atoms with Crippen molar-refractivity contribution in [3.63, 3.8) is 0 Å². The largest absolute Gasteiger partial charge is 0.463 e. The van der Waals surface area contributed by atoms with Gasteiger partial charge < -0.3 is 23.2 Å². The summed E-state index contributed by atoms with van der Waals surface area (Å²) in [7, 11) is -1.23. The van der Waals surface area contributed by atoms with Crippen LogP contribution in [0.15, 0.2) is 38.0 Å². The molecule has 16 heteroatoms. The van der Waals surface area contributed by atoms with Crippen LogP contribution in [0.3, 0.4) is 0 Å². The zero-order valence-corrected chi connectivity index (χ0v) is 19.5. The van der Waals surface area contributed by atoms with E-state index in [2.05, 4.69) is 47.8 Å². The average molecular weight is 689 g/mol. The molecule has 0 aromatic carbocycles. The molecular weight excluding hydrogens is 616 g/mol. The molecule has 2 N–H and O–H groups in total. The molecule has 0 aliphatic carbocycles. The lowest BCUT2D eigenvalue weighted by Crippen LogP contribution is -1.97. The molecule has 0 fully saturated rings. The Morgan fingerprint density at radius 3 is 1.41 bits per heavy atom. The molecule has 0 amide bonds. The molecule has 41 heavy (non-hydrogen) atoms. The molecule has 264 valence electrons. The van der Waals surface area contributed by atoms with Crippen molar-refractivity contribution in [1.29, 1.82) is 0 Å². The number of ether oxygens (including phenoxy) is 1. The fraction of sp³-hybridized carbons (Fsp3) is 0.640. The minimum absolute atomic E-state index is 0. The molecule has 0 aliphatic heterocycles. The van der Waals surface area contributed by atoms with Gasteiger partial charge in [0.25, 0.3) is 0 Å². The van der Waals surface area contributed by atoms with Crippen LogP contribution in [0, 0.1) is 0 Å². The van der Waals surface area contributed by atoms with E-state index in [0.717, 1.165) is 18.2 Å². The Morgan fingerprint density at radius 2 is 1.10 bits per heavy atom. The standard InChI is InChI=1S/C7H10O6P2.C5H8O2.CH6O4P2.12CH4/c1-3-6(8)11-13-14-5-10-15-12-7(9)4-2;1-3-5(6)7-4-2;2-5-6-1-4-7-3;;;;;;;;;;;;/h3-4,14-15H,1-2,5H2;3H,1,4H2,2H3;2-3,6-7H,1H2;12*1H4. The maximum absolute atomic E-state index is 10.5. The van der Waals surface area contributed by atoms with E-state index in [9.17, 15) is 14.4 Å². The third-order valence-corrected chi connectivity index (χ3v) is 3.81. The van der Waals surface area contributed by atoms with Gasteiger partial charge in [0.05, 0.1) is 36.9 Å². The molecule has 0 saturated carbocycles. The van der Waals surface area contributed by atoms with E-state index in [1.807, 2.05) is 0 Å². The molecule has 12 nitrogen and oxygen atoms in total. The fourth-order valence-electron chi connectivity index (χ4n) is 0.589. The highest BCUT2D eigenvalue weighted by atomic mass is 31.1. The zero-order chi connectivity index (χ0) is 22.8. The summed E-state index contributed by atoms with van der Waals surface area (Å²) in [6, 6.07) is 0. The second-order valence-corrected chi connectivity index (χ2v) is 6.04. The molecule has 4 unspecified atom stereocenters. The van der Waals surface area contributed by atoms with Crippen molar-refractivity contribution >= 4 is 53.6 Å². The van der Waals surface area contributed by atoms with Gasteiger partial charge in [-0.05, 0) is 6.92 Å². The normalized spacial score (nSPS) is 7.39. The highest BCUT2D eigenvalue weighted by Gasteiger charge is 1.98. The van der Waals surface area contributed by atoms with Crippen molar-refractivity contribution in [2.24, 2.45) is 0 Å². The highest BCUT2D eigenvalue weighted by Crippen LogP contribution is 2.21. The van der Waals surface area contributed by atoms with E-state index < -0.39 is 30.0 Å². The van der Waals surface area contributed by atoms with Crippen LogP contribution >= 0.6 is 35.7 Å². The topological polar surface area (TPSA) is 156 Å². The van der Waals surface area contributed by atoms with Crippen molar-refractivity contribution < 1.29 is 57.1 Å². The van der Waals surface area contributed by atoms with Gasteiger partial charge in [0.2, 0.25) is 9.03 Å². The van der Waals surface area contributed by atoms with Crippen molar-refractivity contribution in [1.82, 2.24) is 0 Å². The van der Waals surface area contributed by atoms with Crippen LogP contribution in [0.1, 0.15) is 96.0 Å². The van der Waals surface area contributed by atoms with Crippen LogP contribution in [-0.2, 0) is 46.9 Å². The van der Waals surface area contributed by atoms with Gasteiger partial charge in [-0.2, -0.15) is 4.67 Å². The Labute approximate surface area is 263 Å². The van der Waals surface area contributed by atoms with E-state index >= 15 is 0 Å². The lowest BCUT2D eigenvalue weighted by Gasteiger charge is -2.02. The summed E-state index contributed by atoms with van der Waals surface area (Å²) in [5, 5.41) is 7.65. The molecule has 0 aromatic rings. The van der Waals surface area contributed by atoms with Crippen LogP contribution < -0.4 is 0 Å². The Morgan fingerprint density at radius 1 is 0.683 bits per heavy atom. The first-order chi connectivity index (χ1) is 13.9. The maximum atomic E-state index is 10.5. The molecule has 0 spiro atoms. The minimum atomic E-state index is -0.678. The van der Waals surface area contributed by atoms with Crippen LogP contribution in [0.2, 0.25) is 0 Å². The first kappa shape index (κ1) is 97.3. The zero-order valence-electron chi connectivity index (χ0n) is 15.5. The molecule has 4 atom stereocenters. The maximum Gasteiger partial charge on any atom is 0.365 e. The first-order valence-electron chi connectivity index (χ1n) is 7.19. The quantitative estimate of drug-likeness (QED) is 0.0445. The summed E-state index contributed by atoms with van der Waals surface area (Å²) in [4.78, 5) is 43.2. The fourth-order valence-corrected chi connectivity index (χ4v) is 2.02. The minimum Gasteiger partial charge on any atom is -0.463 e. The summed E-state index contributed by atoms with van der Waals surface area (Å²) in [6.07, 6.45) is 3.56. The summed E-state index contributed by atoms with van der Waals surface area (Å²) in [5.74, 6) is -1.60. The predicted octanol–water partition coefficient (Wildman–Crippen LogP) is 10.4. The van der Waals surface area contributed by atoms with Gasteiger partial charge in [0.15, 0.2) is 9.03 Å². The van der Waals surface area contributed by atoms with Crippen LogP contribution in [-0.4, -0.2) is 47.4 Å². The second kappa shape index (κ2) is 90.1. The number of rotatable bonds is 14. The first-order valence-corrected chi connectivity index (χ1v) is 11.1. The van der Waals surface area contributed by atoms with Gasteiger partial charge in [-0.3, -0.25) is 4.89 Å². The molecule has 0 aliphatic rings. The second-order valence-electron chi connectivity index (χ2n) is 3.40. The molecule has 0 radical (unpaired) electrons. The summed E-state index contributed by atoms with van der Waals surface area (Å²) < 4.78 is 26.2. The van der Waals surface area contributed by atoms with Gasteiger partial charge in [0, 0.05) is 18.2 Å². The van der Waals surface area contributed by atoms with Crippen LogP contribution in [0.5, 0.6) is 0 Å². The smallest absolute Gasteiger partial charge is 0.365 e. The summed E-state index contributed by atoms with van der Waals surface area (Å²) in [6.45, 7) is 11.7. The summed E-state index contributed by atoms with van der Waals surface area (Å²) in [5.41, 5.74) is 0. The molecule has 0 saturated heterocycles. The number of hydrogen-bond donors (Lipinski definition) is 2. The van der Waals surface area contributed by atoms with Gasteiger partial charge >= 0.3 is 17.9 Å². The third kappa shape index (κ3) is 110. The Kier molecular flexibility index (Phi) is 214. The number of esters is 1. The molecular formula is C25H72O12P4. The molecule has 0 heterocycles. The van der Waals surface area contributed by atoms with E-state index in [-0.39, 0.29) is 125 Å². The SMILES string of the molecule is C.C.C.C.C.C.C.C.C.C.C.C.C=CC(=O)OCC.C=CC(=O)OOPCOPOC(=O)C=C.OOPCOPO. The Bertz CT molecular complexity index is 446. The van der Waals surface area contributed by atoms with E-state index in [0.29, 0.717) is 6.61 Å². The molecule has 0 aromatic heterocycles. The monoisotopic (exact) mass is 688 g/mol. The lowest BCUT2D eigenvalue weighted by molar-refractivity contribution is -0.202. The van der Waals surface area contributed by atoms with Crippen LogP contribution in [0.4, 0.5) is 0 Å². The van der Waals surface area contributed by atoms with Crippen molar-refractivity contribution in [2.75, 3.05) is 19.3 Å². The Hall–Kier alpha value is -0.890. The number of carbonyl (C=O) groups excluding carboxylic acids is 3.